The van der Waals surface area contributed by atoms with E-state index in [1.54, 1.807) is 10.9 Å². The second-order valence-electron chi connectivity index (χ2n) is 6.36. The van der Waals surface area contributed by atoms with Crippen LogP contribution < -0.4 is 10.6 Å². The van der Waals surface area contributed by atoms with Gasteiger partial charge in [-0.2, -0.15) is 10.1 Å². The number of nitrogens with zero attached hydrogens (tertiary/aromatic N) is 5. The van der Waals surface area contributed by atoms with Crippen LogP contribution in [0, 0.1) is 6.92 Å². The van der Waals surface area contributed by atoms with Crippen molar-refractivity contribution in [2.24, 2.45) is 0 Å². The van der Waals surface area contributed by atoms with Gasteiger partial charge in [0.15, 0.2) is 0 Å². The van der Waals surface area contributed by atoms with Gasteiger partial charge in [-0.1, -0.05) is 30.3 Å². The molecule has 0 bridgehead atoms. The molecule has 3 aromatic rings. The van der Waals surface area contributed by atoms with E-state index in [1.165, 1.54) is 5.56 Å². The standard InChI is InChI=1S/C18H23N7O/c1-13(2)25-14(3)21-17(23-25)22-18(26)19-9-16-10-20-24(12-16)11-15-7-5-4-6-8-15/h4-8,10,12-13H,9,11H2,1-3H3,(H2,19,22,23,26). The number of amides is 2. The van der Waals surface area contributed by atoms with Crippen molar-refractivity contribution in [3.8, 4) is 0 Å². The van der Waals surface area contributed by atoms with Crippen LogP contribution in [0.4, 0.5) is 10.7 Å². The van der Waals surface area contributed by atoms with Crippen LogP contribution in [0.3, 0.4) is 0 Å². The van der Waals surface area contributed by atoms with Crippen molar-refractivity contribution in [1.29, 1.82) is 0 Å². The molecule has 2 N–H and O–H groups in total. The van der Waals surface area contributed by atoms with Crippen LogP contribution in [0.2, 0.25) is 0 Å². The largest absolute Gasteiger partial charge is 0.334 e. The molecule has 2 heterocycles. The number of hydrogen-bond acceptors (Lipinski definition) is 4. The molecule has 0 saturated heterocycles. The lowest BCUT2D eigenvalue weighted by Gasteiger charge is -2.05. The van der Waals surface area contributed by atoms with Crippen LogP contribution in [0.5, 0.6) is 0 Å². The number of rotatable bonds is 6. The highest BCUT2D eigenvalue weighted by Gasteiger charge is 2.11. The minimum Gasteiger partial charge on any atom is -0.334 e. The fraction of sp³-hybridized carbons (Fsp3) is 0.333. The summed E-state index contributed by atoms with van der Waals surface area (Å²) < 4.78 is 3.61. The SMILES string of the molecule is Cc1nc(NC(=O)NCc2cnn(Cc3ccccc3)c2)nn1C(C)C. The molecular formula is C18H23N7O. The highest BCUT2D eigenvalue weighted by Crippen LogP contribution is 2.09. The van der Waals surface area contributed by atoms with Gasteiger partial charge in [-0.05, 0) is 26.3 Å². The van der Waals surface area contributed by atoms with Gasteiger partial charge in [0, 0.05) is 24.3 Å². The summed E-state index contributed by atoms with van der Waals surface area (Å²) in [6.45, 7) is 6.96. The van der Waals surface area contributed by atoms with Crippen molar-refractivity contribution < 1.29 is 4.79 Å². The first-order valence-electron chi connectivity index (χ1n) is 8.54. The summed E-state index contributed by atoms with van der Waals surface area (Å²) in [5.41, 5.74) is 2.10. The molecule has 8 nitrogen and oxygen atoms in total. The Morgan fingerprint density at radius 1 is 1.19 bits per heavy atom. The third-order valence-corrected chi connectivity index (χ3v) is 3.84. The fourth-order valence-corrected chi connectivity index (χ4v) is 2.63. The van der Waals surface area contributed by atoms with Crippen LogP contribution >= 0.6 is 0 Å². The molecule has 3 rings (SSSR count). The first-order valence-corrected chi connectivity index (χ1v) is 8.54. The normalized spacial score (nSPS) is 10.9. The summed E-state index contributed by atoms with van der Waals surface area (Å²) in [6, 6.07) is 9.94. The number of hydrogen-bond donors (Lipinski definition) is 2. The molecule has 2 aromatic heterocycles. The summed E-state index contributed by atoms with van der Waals surface area (Å²) in [6.07, 6.45) is 3.67. The number of urea groups is 1. The number of carbonyl (C=O) groups is 1. The van der Waals surface area contributed by atoms with E-state index in [9.17, 15) is 4.79 Å². The first-order chi connectivity index (χ1) is 12.5. The minimum atomic E-state index is -0.346. The Balaban J connectivity index is 1.51. The van der Waals surface area contributed by atoms with E-state index in [-0.39, 0.29) is 12.1 Å². The maximum atomic E-state index is 12.0. The van der Waals surface area contributed by atoms with Crippen molar-refractivity contribution in [1.82, 2.24) is 29.9 Å². The number of benzene rings is 1. The fourth-order valence-electron chi connectivity index (χ4n) is 2.63. The molecule has 2 amide bonds. The molecule has 0 aliphatic heterocycles. The van der Waals surface area contributed by atoms with E-state index in [0.29, 0.717) is 19.0 Å². The Labute approximate surface area is 152 Å². The van der Waals surface area contributed by atoms with Crippen molar-refractivity contribution in [3.63, 3.8) is 0 Å². The van der Waals surface area contributed by atoms with Gasteiger partial charge in [0.1, 0.15) is 5.82 Å². The molecule has 0 fully saturated rings. The van der Waals surface area contributed by atoms with E-state index in [1.807, 2.05) is 49.8 Å². The molecule has 0 saturated carbocycles. The smallest absolute Gasteiger partial charge is 0.321 e. The van der Waals surface area contributed by atoms with Crippen molar-refractivity contribution in [2.75, 3.05) is 5.32 Å². The Kier molecular flexibility index (Phi) is 5.31. The van der Waals surface area contributed by atoms with E-state index in [2.05, 4.69) is 37.9 Å². The van der Waals surface area contributed by atoms with Crippen LogP contribution in [0.25, 0.3) is 0 Å². The average Bonchev–Trinajstić information content (AvgIpc) is 3.20. The third kappa shape index (κ3) is 4.47. The van der Waals surface area contributed by atoms with Crippen molar-refractivity contribution in [3.05, 3.63) is 59.7 Å². The second kappa shape index (κ2) is 7.81. The highest BCUT2D eigenvalue weighted by molar-refractivity contribution is 5.87. The molecule has 26 heavy (non-hydrogen) atoms. The van der Waals surface area contributed by atoms with E-state index in [0.717, 1.165) is 11.4 Å². The van der Waals surface area contributed by atoms with Gasteiger partial charge >= 0.3 is 6.03 Å². The summed E-state index contributed by atoms with van der Waals surface area (Å²) in [7, 11) is 0. The van der Waals surface area contributed by atoms with Gasteiger partial charge in [-0.3, -0.25) is 10.00 Å². The second-order valence-corrected chi connectivity index (χ2v) is 6.36. The van der Waals surface area contributed by atoms with Gasteiger partial charge in [-0.15, -0.1) is 5.10 Å². The van der Waals surface area contributed by atoms with Crippen LogP contribution in [-0.2, 0) is 13.1 Å². The number of aromatic nitrogens is 5. The lowest BCUT2D eigenvalue weighted by atomic mass is 10.2. The number of nitrogens with one attached hydrogen (secondary N) is 2. The molecule has 8 heteroatoms. The average molecular weight is 353 g/mol. The van der Waals surface area contributed by atoms with Crippen LogP contribution in [-0.4, -0.2) is 30.6 Å². The maximum Gasteiger partial charge on any atom is 0.321 e. The predicted molar refractivity (Wildman–Crippen MR) is 98.8 cm³/mol. The quantitative estimate of drug-likeness (QED) is 0.713. The topological polar surface area (TPSA) is 89.7 Å². The van der Waals surface area contributed by atoms with Gasteiger partial charge < -0.3 is 5.32 Å². The molecule has 0 spiro atoms. The Morgan fingerprint density at radius 2 is 1.96 bits per heavy atom. The molecular weight excluding hydrogens is 330 g/mol. The molecule has 0 aliphatic rings. The Morgan fingerprint density at radius 3 is 2.65 bits per heavy atom. The summed E-state index contributed by atoms with van der Waals surface area (Å²) in [4.78, 5) is 16.3. The monoisotopic (exact) mass is 353 g/mol. The zero-order chi connectivity index (χ0) is 18.5. The number of anilines is 1. The molecule has 0 unspecified atom stereocenters. The van der Waals surface area contributed by atoms with Crippen LogP contribution in [0.1, 0.15) is 36.8 Å². The zero-order valence-electron chi connectivity index (χ0n) is 15.2. The summed E-state index contributed by atoms with van der Waals surface area (Å²) in [5.74, 6) is 1.06. The predicted octanol–water partition coefficient (Wildman–Crippen LogP) is 2.73. The van der Waals surface area contributed by atoms with Gasteiger partial charge in [-0.25, -0.2) is 9.48 Å². The third-order valence-electron chi connectivity index (χ3n) is 3.84. The summed E-state index contributed by atoms with van der Waals surface area (Å²) in [5, 5.41) is 14.0. The molecule has 0 radical (unpaired) electrons. The van der Waals surface area contributed by atoms with Gasteiger partial charge in [0.2, 0.25) is 5.95 Å². The highest BCUT2D eigenvalue weighted by atomic mass is 16.2. The maximum absolute atomic E-state index is 12.0. The van der Waals surface area contributed by atoms with Gasteiger partial charge in [0.05, 0.1) is 12.7 Å². The van der Waals surface area contributed by atoms with E-state index < -0.39 is 0 Å². The number of aryl methyl sites for hydroxylation is 1. The Bertz CT molecular complexity index is 867. The lowest BCUT2D eigenvalue weighted by molar-refractivity contribution is 0.251. The molecule has 0 atom stereocenters. The van der Waals surface area contributed by atoms with E-state index in [4.69, 9.17) is 0 Å². The zero-order valence-corrected chi connectivity index (χ0v) is 15.2. The summed E-state index contributed by atoms with van der Waals surface area (Å²) >= 11 is 0. The Hall–Kier alpha value is -3.16. The minimum absolute atomic E-state index is 0.191. The van der Waals surface area contributed by atoms with Crippen LogP contribution in [0.15, 0.2) is 42.7 Å². The molecule has 1 aromatic carbocycles. The van der Waals surface area contributed by atoms with Crippen molar-refractivity contribution >= 4 is 12.0 Å². The first kappa shape index (κ1) is 17.7. The number of carbonyl (C=O) groups excluding carboxylic acids is 1. The van der Waals surface area contributed by atoms with Crippen molar-refractivity contribution in [2.45, 2.75) is 39.9 Å². The van der Waals surface area contributed by atoms with E-state index >= 15 is 0 Å². The lowest BCUT2D eigenvalue weighted by Crippen LogP contribution is -2.28. The molecule has 0 aliphatic carbocycles. The van der Waals surface area contributed by atoms with Gasteiger partial charge in [0.25, 0.3) is 0 Å². The molecule has 136 valence electrons.